The first-order chi connectivity index (χ1) is 14.0. The fourth-order valence-corrected chi connectivity index (χ4v) is 3.77. The number of ether oxygens (including phenoxy) is 2. The first kappa shape index (κ1) is 19.0. The second-order valence-corrected chi connectivity index (χ2v) is 7.28. The van der Waals surface area contributed by atoms with Crippen LogP contribution in [0.2, 0.25) is 0 Å². The Hall–Kier alpha value is -3.30. The molecule has 2 aromatic rings. The summed E-state index contributed by atoms with van der Waals surface area (Å²) in [7, 11) is 0. The van der Waals surface area contributed by atoms with Crippen LogP contribution in [0.3, 0.4) is 0 Å². The number of hydrogen-bond acceptors (Lipinski definition) is 6. The summed E-state index contributed by atoms with van der Waals surface area (Å²) in [5, 5.41) is 19.9. The highest BCUT2D eigenvalue weighted by Crippen LogP contribution is 2.29. The van der Waals surface area contributed by atoms with Crippen LogP contribution in [0.25, 0.3) is 0 Å². The molecule has 1 aromatic heterocycles. The maximum Gasteiger partial charge on any atom is 0.414 e. The number of hydrogen-bond donors (Lipinski definition) is 1. The molecule has 1 aromatic carbocycles. The zero-order valence-electron chi connectivity index (χ0n) is 15.8. The Bertz CT molecular complexity index is 889. The molecule has 1 fully saturated rings. The Morgan fingerprint density at radius 1 is 1.24 bits per heavy atom. The number of nitrogens with zero attached hydrogens (tertiary/aromatic N) is 4. The van der Waals surface area contributed by atoms with Gasteiger partial charge in [-0.2, -0.15) is 0 Å². The Labute approximate surface area is 166 Å². The van der Waals surface area contributed by atoms with E-state index in [4.69, 9.17) is 14.6 Å². The molecule has 154 valence electrons. The van der Waals surface area contributed by atoms with Gasteiger partial charge in [0.05, 0.1) is 0 Å². The van der Waals surface area contributed by atoms with Gasteiger partial charge >= 0.3 is 17.9 Å². The zero-order valence-corrected chi connectivity index (χ0v) is 15.8. The molecule has 1 N–H and O–H groups in total. The normalized spacial score (nSPS) is 19.3. The van der Waals surface area contributed by atoms with Crippen LogP contribution in [0.15, 0.2) is 30.5 Å². The van der Waals surface area contributed by atoms with Crippen LogP contribution < -0.4 is 9.47 Å². The Morgan fingerprint density at radius 3 is 2.62 bits per heavy atom. The summed E-state index contributed by atoms with van der Waals surface area (Å²) >= 11 is 0. The standard InChI is InChI=1S/C19H22N4O6/c24-19(25)21-8-5-14(6-9-21)13-1-3-15(4-2-13)28-12-16-7-10-22-11-17(23(26)27)20-18(22)29-16/h1-4,11,14,16H,5-10,12H2,(H,24,25)/t16-/m1/s1. The molecule has 3 heterocycles. The number of likely N-dealkylation sites (tertiary alicyclic amines) is 1. The van der Waals surface area contributed by atoms with Crippen molar-refractivity contribution in [1.29, 1.82) is 0 Å². The van der Waals surface area contributed by atoms with Crippen LogP contribution in [0.1, 0.15) is 30.7 Å². The topological polar surface area (TPSA) is 120 Å². The van der Waals surface area contributed by atoms with Crippen molar-refractivity contribution in [2.24, 2.45) is 0 Å². The highest BCUT2D eigenvalue weighted by molar-refractivity contribution is 5.65. The molecule has 0 radical (unpaired) electrons. The van der Waals surface area contributed by atoms with Crippen molar-refractivity contribution >= 4 is 11.9 Å². The van der Waals surface area contributed by atoms with Crippen LogP contribution in [0.5, 0.6) is 11.8 Å². The van der Waals surface area contributed by atoms with E-state index < -0.39 is 11.0 Å². The van der Waals surface area contributed by atoms with E-state index in [1.54, 1.807) is 4.57 Å². The summed E-state index contributed by atoms with van der Waals surface area (Å²) in [6.45, 7) is 2.05. The summed E-state index contributed by atoms with van der Waals surface area (Å²) < 4.78 is 13.2. The van der Waals surface area contributed by atoms with Crippen molar-refractivity contribution < 1.29 is 24.3 Å². The molecule has 2 aliphatic rings. The smallest absolute Gasteiger partial charge is 0.414 e. The minimum atomic E-state index is -0.853. The quantitative estimate of drug-likeness (QED) is 0.603. The van der Waals surface area contributed by atoms with E-state index in [-0.39, 0.29) is 17.9 Å². The highest BCUT2D eigenvalue weighted by Gasteiger charge is 2.28. The van der Waals surface area contributed by atoms with Gasteiger partial charge in [-0.3, -0.25) is 4.57 Å². The Morgan fingerprint density at radius 2 is 1.97 bits per heavy atom. The van der Waals surface area contributed by atoms with Crippen molar-refractivity contribution in [3.63, 3.8) is 0 Å². The zero-order chi connectivity index (χ0) is 20.4. The summed E-state index contributed by atoms with van der Waals surface area (Å²) in [6, 6.07) is 8.11. The third-order valence-electron chi connectivity index (χ3n) is 5.43. The Kier molecular flexibility index (Phi) is 5.24. The summed E-state index contributed by atoms with van der Waals surface area (Å²) in [5.41, 5.74) is 1.19. The van der Waals surface area contributed by atoms with Gasteiger partial charge in [0.2, 0.25) is 0 Å². The van der Waals surface area contributed by atoms with Crippen molar-refractivity contribution in [2.75, 3.05) is 19.7 Å². The monoisotopic (exact) mass is 402 g/mol. The molecule has 0 unspecified atom stereocenters. The highest BCUT2D eigenvalue weighted by atomic mass is 16.6. The van der Waals surface area contributed by atoms with Gasteiger partial charge in [0, 0.05) is 31.0 Å². The third kappa shape index (κ3) is 4.25. The second kappa shape index (κ2) is 7.98. The van der Waals surface area contributed by atoms with Crippen molar-refractivity contribution in [3.05, 3.63) is 46.1 Å². The predicted octanol–water partition coefficient (Wildman–Crippen LogP) is 2.88. The first-order valence-electron chi connectivity index (χ1n) is 9.58. The molecule has 1 amide bonds. The van der Waals surface area contributed by atoms with Gasteiger partial charge in [0.1, 0.15) is 24.7 Å². The summed E-state index contributed by atoms with van der Waals surface area (Å²) in [6.07, 6.45) is 2.63. The lowest BCUT2D eigenvalue weighted by Gasteiger charge is -2.30. The van der Waals surface area contributed by atoms with Crippen LogP contribution in [-0.2, 0) is 6.54 Å². The van der Waals surface area contributed by atoms with Gasteiger partial charge in [0.15, 0.2) is 0 Å². The largest absolute Gasteiger partial charge is 0.490 e. The number of imidazole rings is 1. The molecule has 0 spiro atoms. The summed E-state index contributed by atoms with van der Waals surface area (Å²) in [5.74, 6) is 0.863. The number of benzene rings is 1. The fraction of sp³-hybridized carbons (Fsp3) is 0.474. The van der Waals surface area contributed by atoms with Gasteiger partial charge in [0.25, 0.3) is 0 Å². The molecular formula is C19H22N4O6. The first-order valence-corrected chi connectivity index (χ1v) is 9.58. The molecule has 0 aliphatic carbocycles. The van der Waals surface area contributed by atoms with Gasteiger partial charge in [-0.15, -0.1) is 0 Å². The van der Waals surface area contributed by atoms with Gasteiger partial charge in [-0.05, 0) is 41.4 Å². The van der Waals surface area contributed by atoms with Crippen LogP contribution in [0, 0.1) is 10.1 Å². The molecule has 1 saturated heterocycles. The van der Waals surface area contributed by atoms with Crippen molar-refractivity contribution in [1.82, 2.24) is 14.5 Å². The van der Waals surface area contributed by atoms with Crippen LogP contribution in [-0.4, -0.2) is 56.4 Å². The van der Waals surface area contributed by atoms with Crippen LogP contribution in [0.4, 0.5) is 10.6 Å². The van der Waals surface area contributed by atoms with E-state index in [9.17, 15) is 14.9 Å². The number of aromatic nitrogens is 2. The van der Waals surface area contributed by atoms with E-state index in [1.165, 1.54) is 16.7 Å². The van der Waals surface area contributed by atoms with E-state index in [0.717, 1.165) is 18.6 Å². The lowest BCUT2D eigenvalue weighted by atomic mass is 9.89. The lowest BCUT2D eigenvalue weighted by Crippen LogP contribution is -2.36. The molecule has 10 nitrogen and oxygen atoms in total. The number of aryl methyl sites for hydroxylation is 1. The molecule has 4 rings (SSSR count). The van der Waals surface area contributed by atoms with Crippen LogP contribution >= 0.6 is 0 Å². The average Bonchev–Trinajstić information content (AvgIpc) is 3.16. The average molecular weight is 402 g/mol. The number of piperidine rings is 1. The molecular weight excluding hydrogens is 380 g/mol. The molecule has 0 saturated carbocycles. The number of amides is 1. The number of nitro groups is 1. The SMILES string of the molecule is O=C(O)N1CCC(c2ccc(OC[C@H]3CCn4cc([N+](=O)[O-])nc4O3)cc2)CC1. The van der Waals surface area contributed by atoms with Gasteiger partial charge in [-0.1, -0.05) is 12.1 Å². The lowest BCUT2D eigenvalue weighted by molar-refractivity contribution is -0.389. The number of carboxylic acid groups (broad SMARTS) is 1. The van der Waals surface area contributed by atoms with Gasteiger partial charge in [-0.25, -0.2) is 4.79 Å². The minimum Gasteiger partial charge on any atom is -0.490 e. The summed E-state index contributed by atoms with van der Waals surface area (Å²) in [4.78, 5) is 26.6. The number of carbonyl (C=O) groups is 1. The molecule has 1 atom stereocenters. The number of fused-ring (bicyclic) bond motifs is 1. The van der Waals surface area contributed by atoms with Gasteiger partial charge < -0.3 is 29.6 Å². The van der Waals surface area contributed by atoms with E-state index in [0.29, 0.717) is 38.6 Å². The van der Waals surface area contributed by atoms with E-state index in [2.05, 4.69) is 4.98 Å². The minimum absolute atomic E-state index is 0.216. The molecule has 10 heteroatoms. The third-order valence-corrected chi connectivity index (χ3v) is 5.43. The van der Waals surface area contributed by atoms with E-state index in [1.807, 2.05) is 24.3 Å². The molecule has 2 aliphatic heterocycles. The van der Waals surface area contributed by atoms with E-state index >= 15 is 0 Å². The maximum atomic E-state index is 11.0. The predicted molar refractivity (Wildman–Crippen MR) is 101 cm³/mol. The molecule has 0 bridgehead atoms. The molecule has 29 heavy (non-hydrogen) atoms. The van der Waals surface area contributed by atoms with Crippen molar-refractivity contribution in [3.8, 4) is 11.8 Å². The number of rotatable bonds is 5. The second-order valence-electron chi connectivity index (χ2n) is 7.28. The maximum absolute atomic E-state index is 11.0. The fourth-order valence-electron chi connectivity index (χ4n) is 3.77. The Balaban J connectivity index is 1.28. The van der Waals surface area contributed by atoms with Crippen molar-refractivity contribution in [2.45, 2.75) is 37.8 Å².